The molecule has 8 heteroatoms. The number of benzene rings is 2. The summed E-state index contributed by atoms with van der Waals surface area (Å²) in [5.41, 5.74) is 7.01. The molecule has 24 heavy (non-hydrogen) atoms. The number of carbonyl (C=O) groups is 1. The molecule has 4 N–H and O–H groups in total. The Kier molecular flexibility index (Phi) is 6.25. The molecular formula is C16H15ClN4O2S. The van der Waals surface area contributed by atoms with E-state index in [2.05, 4.69) is 15.8 Å². The molecule has 0 aliphatic heterocycles. The van der Waals surface area contributed by atoms with E-state index in [1.165, 1.54) is 0 Å². The molecule has 2 aromatic carbocycles. The van der Waals surface area contributed by atoms with E-state index in [1.807, 2.05) is 19.1 Å². The van der Waals surface area contributed by atoms with Gasteiger partial charge in [0.25, 0.3) is 5.91 Å². The Bertz CT molecular complexity index is 761. The van der Waals surface area contributed by atoms with Gasteiger partial charge in [0.05, 0.1) is 5.71 Å². The second-order valence-corrected chi connectivity index (χ2v) is 5.63. The van der Waals surface area contributed by atoms with Gasteiger partial charge in [-0.15, -0.1) is 0 Å². The minimum Gasteiger partial charge on any atom is -0.331 e. The van der Waals surface area contributed by atoms with Gasteiger partial charge in [-0.25, -0.2) is 5.48 Å². The van der Waals surface area contributed by atoms with Crippen molar-refractivity contribution >= 4 is 46.2 Å². The lowest BCUT2D eigenvalue weighted by atomic mass is 10.1. The minimum atomic E-state index is -0.578. The molecule has 0 unspecified atom stereocenters. The summed E-state index contributed by atoms with van der Waals surface area (Å²) >= 11 is 11.0. The average Bonchev–Trinajstić information content (AvgIpc) is 2.60. The molecule has 0 spiro atoms. The van der Waals surface area contributed by atoms with Crippen LogP contribution in [0.4, 0.5) is 5.69 Å². The molecule has 0 saturated carbocycles. The SMILES string of the molecule is C/C(=N\NC(=S)Nc1ccc(C(=O)NO)cc1)c1ccc(Cl)cc1. The van der Waals surface area contributed by atoms with Crippen LogP contribution in [0.15, 0.2) is 53.6 Å². The summed E-state index contributed by atoms with van der Waals surface area (Å²) in [6, 6.07) is 13.7. The highest BCUT2D eigenvalue weighted by Gasteiger charge is 2.04. The van der Waals surface area contributed by atoms with Crippen LogP contribution < -0.4 is 16.2 Å². The van der Waals surface area contributed by atoms with Gasteiger partial charge >= 0.3 is 0 Å². The van der Waals surface area contributed by atoms with Crippen molar-refractivity contribution in [1.29, 1.82) is 0 Å². The van der Waals surface area contributed by atoms with Crippen molar-refractivity contribution in [3.05, 3.63) is 64.7 Å². The summed E-state index contributed by atoms with van der Waals surface area (Å²) in [4.78, 5) is 11.2. The number of anilines is 1. The third kappa shape index (κ3) is 5.02. The Labute approximate surface area is 149 Å². The van der Waals surface area contributed by atoms with Gasteiger partial charge in [0.2, 0.25) is 0 Å². The number of amides is 1. The van der Waals surface area contributed by atoms with Crippen molar-refractivity contribution in [3.63, 3.8) is 0 Å². The second-order valence-electron chi connectivity index (χ2n) is 4.79. The number of thiocarbonyl (C=S) groups is 1. The fraction of sp³-hybridized carbons (Fsp3) is 0.0625. The van der Waals surface area contributed by atoms with E-state index in [4.69, 9.17) is 29.0 Å². The van der Waals surface area contributed by atoms with Crippen LogP contribution in [0.2, 0.25) is 5.02 Å². The first-order valence-electron chi connectivity index (χ1n) is 6.91. The van der Waals surface area contributed by atoms with Gasteiger partial charge in [-0.3, -0.25) is 15.4 Å². The standard InChI is InChI=1S/C16H15ClN4O2S/c1-10(11-2-6-13(17)7-3-11)19-20-16(24)18-14-8-4-12(5-9-14)15(22)21-23/h2-9,23H,1H3,(H,21,22)(H2,18,20,24)/b19-10+. The predicted molar refractivity (Wildman–Crippen MR) is 98.7 cm³/mol. The summed E-state index contributed by atoms with van der Waals surface area (Å²) in [7, 11) is 0. The Morgan fingerprint density at radius 1 is 1.08 bits per heavy atom. The maximum Gasteiger partial charge on any atom is 0.274 e. The van der Waals surface area contributed by atoms with E-state index in [1.54, 1.807) is 41.9 Å². The number of hydrogen-bond acceptors (Lipinski definition) is 4. The van der Waals surface area contributed by atoms with Crippen LogP contribution in [0.3, 0.4) is 0 Å². The Morgan fingerprint density at radius 3 is 2.25 bits per heavy atom. The molecule has 2 rings (SSSR count). The van der Waals surface area contributed by atoms with Crippen molar-refractivity contribution in [3.8, 4) is 0 Å². The third-order valence-electron chi connectivity index (χ3n) is 3.09. The molecule has 2 aromatic rings. The van der Waals surface area contributed by atoms with Crippen LogP contribution in [0.5, 0.6) is 0 Å². The number of hydroxylamine groups is 1. The molecule has 0 heterocycles. The van der Waals surface area contributed by atoms with Gasteiger partial charge in [-0.1, -0.05) is 23.7 Å². The number of hydrazone groups is 1. The molecule has 0 fully saturated rings. The number of nitrogens with one attached hydrogen (secondary N) is 3. The molecule has 1 amide bonds. The summed E-state index contributed by atoms with van der Waals surface area (Å²) in [5.74, 6) is -0.578. The number of carbonyl (C=O) groups excluding carboxylic acids is 1. The largest absolute Gasteiger partial charge is 0.331 e. The van der Waals surface area contributed by atoms with Gasteiger partial charge in [0.1, 0.15) is 0 Å². The molecule has 0 saturated heterocycles. The van der Waals surface area contributed by atoms with E-state index in [9.17, 15) is 4.79 Å². The van der Waals surface area contributed by atoms with E-state index in [0.29, 0.717) is 21.4 Å². The highest BCUT2D eigenvalue weighted by Crippen LogP contribution is 2.11. The Balaban J connectivity index is 1.94. The summed E-state index contributed by atoms with van der Waals surface area (Å²) in [6.07, 6.45) is 0. The van der Waals surface area contributed by atoms with Crippen molar-refractivity contribution in [2.45, 2.75) is 6.92 Å². The quantitative estimate of drug-likeness (QED) is 0.290. The maximum absolute atomic E-state index is 11.2. The van der Waals surface area contributed by atoms with E-state index in [-0.39, 0.29) is 0 Å². The first kappa shape index (κ1) is 17.9. The minimum absolute atomic E-state index is 0.308. The monoisotopic (exact) mass is 362 g/mol. The van der Waals surface area contributed by atoms with E-state index < -0.39 is 5.91 Å². The molecule has 0 atom stereocenters. The van der Waals surface area contributed by atoms with E-state index >= 15 is 0 Å². The topological polar surface area (TPSA) is 85.8 Å². The lowest BCUT2D eigenvalue weighted by Gasteiger charge is -2.09. The van der Waals surface area contributed by atoms with Crippen molar-refractivity contribution in [2.75, 3.05) is 5.32 Å². The number of hydrogen-bond donors (Lipinski definition) is 4. The van der Waals surface area contributed by atoms with Crippen LogP contribution in [0.25, 0.3) is 0 Å². The first-order valence-corrected chi connectivity index (χ1v) is 7.70. The van der Waals surface area contributed by atoms with Crippen LogP contribution in [0.1, 0.15) is 22.8 Å². The summed E-state index contributed by atoms with van der Waals surface area (Å²) < 4.78 is 0. The second kappa shape index (κ2) is 8.39. The average molecular weight is 363 g/mol. The van der Waals surface area contributed by atoms with Crippen molar-refractivity contribution < 1.29 is 10.0 Å². The smallest absolute Gasteiger partial charge is 0.274 e. The normalized spacial score (nSPS) is 10.9. The Morgan fingerprint density at radius 2 is 1.67 bits per heavy atom. The zero-order chi connectivity index (χ0) is 17.5. The zero-order valence-corrected chi connectivity index (χ0v) is 14.3. The number of halogens is 1. The van der Waals surface area contributed by atoms with Crippen LogP contribution in [-0.4, -0.2) is 21.9 Å². The van der Waals surface area contributed by atoms with Crippen LogP contribution in [0, 0.1) is 0 Å². The molecule has 0 aliphatic rings. The highest BCUT2D eigenvalue weighted by atomic mass is 35.5. The molecule has 0 aliphatic carbocycles. The van der Waals surface area contributed by atoms with Crippen molar-refractivity contribution in [1.82, 2.24) is 10.9 Å². The summed E-state index contributed by atoms with van der Waals surface area (Å²) in [5, 5.41) is 16.7. The fourth-order valence-electron chi connectivity index (χ4n) is 1.82. The Hall–Kier alpha value is -2.48. The molecule has 0 radical (unpaired) electrons. The van der Waals surface area contributed by atoms with Crippen LogP contribution in [-0.2, 0) is 0 Å². The van der Waals surface area contributed by atoms with Gasteiger partial charge in [0, 0.05) is 16.3 Å². The van der Waals surface area contributed by atoms with Gasteiger partial charge in [0.15, 0.2) is 5.11 Å². The van der Waals surface area contributed by atoms with Crippen LogP contribution >= 0.6 is 23.8 Å². The van der Waals surface area contributed by atoms with Crippen molar-refractivity contribution in [2.24, 2.45) is 5.10 Å². The van der Waals surface area contributed by atoms with Gasteiger partial charge in [-0.2, -0.15) is 5.10 Å². The number of nitrogens with zero attached hydrogens (tertiary/aromatic N) is 1. The number of rotatable bonds is 4. The van der Waals surface area contributed by atoms with Gasteiger partial charge < -0.3 is 5.32 Å². The third-order valence-corrected chi connectivity index (χ3v) is 3.54. The molecule has 6 nitrogen and oxygen atoms in total. The maximum atomic E-state index is 11.2. The molecule has 0 bridgehead atoms. The lowest BCUT2D eigenvalue weighted by Crippen LogP contribution is -2.25. The first-order chi connectivity index (χ1) is 11.5. The lowest BCUT2D eigenvalue weighted by molar-refractivity contribution is 0.0706. The fourth-order valence-corrected chi connectivity index (χ4v) is 2.11. The molecule has 0 aromatic heterocycles. The molecule has 124 valence electrons. The zero-order valence-electron chi connectivity index (χ0n) is 12.7. The van der Waals surface area contributed by atoms with Gasteiger partial charge in [-0.05, 0) is 61.1 Å². The summed E-state index contributed by atoms with van der Waals surface area (Å²) in [6.45, 7) is 1.85. The highest BCUT2D eigenvalue weighted by molar-refractivity contribution is 7.80. The van der Waals surface area contributed by atoms with E-state index in [0.717, 1.165) is 11.3 Å². The molecular weight excluding hydrogens is 348 g/mol. The predicted octanol–water partition coefficient (Wildman–Crippen LogP) is 3.17.